The molecule has 1 aliphatic rings. The molecule has 160 valence electrons. The van der Waals surface area contributed by atoms with Gasteiger partial charge in [-0.25, -0.2) is 8.42 Å². The molecule has 0 spiro atoms. The number of benzene rings is 2. The maximum atomic E-state index is 13.0. The first-order valence-electron chi connectivity index (χ1n) is 10.4. The second kappa shape index (κ2) is 10.4. The second-order valence-corrected chi connectivity index (χ2v) is 9.80. The van der Waals surface area contributed by atoms with Gasteiger partial charge < -0.3 is 9.64 Å². The van der Waals surface area contributed by atoms with Gasteiger partial charge in [-0.05, 0) is 48.6 Å². The second-order valence-electron chi connectivity index (χ2n) is 7.57. The minimum absolute atomic E-state index is 0.0465. The molecule has 0 radical (unpaired) electrons. The van der Waals surface area contributed by atoms with E-state index in [2.05, 4.69) is 6.92 Å². The first-order valence-corrected chi connectivity index (χ1v) is 12.2. The molecule has 1 aliphatic heterocycles. The van der Waals surface area contributed by atoms with Gasteiger partial charge in [-0.1, -0.05) is 49.4 Å². The van der Waals surface area contributed by atoms with Crippen molar-refractivity contribution in [2.24, 2.45) is 0 Å². The zero-order chi connectivity index (χ0) is 21.4. The Kier molecular flexibility index (Phi) is 7.69. The van der Waals surface area contributed by atoms with Gasteiger partial charge in [-0.3, -0.25) is 4.79 Å². The van der Waals surface area contributed by atoms with Crippen LogP contribution < -0.4 is 4.74 Å². The van der Waals surface area contributed by atoms with Gasteiger partial charge >= 0.3 is 0 Å². The summed E-state index contributed by atoms with van der Waals surface area (Å²) in [5.74, 6) is 0.848. The first kappa shape index (κ1) is 22.1. The van der Waals surface area contributed by atoms with Crippen molar-refractivity contribution in [3.8, 4) is 5.75 Å². The number of amides is 1. The van der Waals surface area contributed by atoms with Gasteiger partial charge in [0.15, 0.2) is 9.84 Å². The highest BCUT2D eigenvalue weighted by molar-refractivity contribution is 7.91. The summed E-state index contributed by atoms with van der Waals surface area (Å²) in [5, 5.41) is 0. The Bertz CT molecular complexity index is 952. The summed E-state index contributed by atoms with van der Waals surface area (Å²) in [7, 11) is -3.07. The van der Waals surface area contributed by atoms with Crippen molar-refractivity contribution in [3.63, 3.8) is 0 Å². The van der Waals surface area contributed by atoms with E-state index in [9.17, 15) is 13.2 Å². The lowest BCUT2D eigenvalue weighted by Gasteiger charge is -2.27. The Balaban J connectivity index is 1.68. The van der Waals surface area contributed by atoms with Crippen molar-refractivity contribution < 1.29 is 17.9 Å². The molecule has 1 saturated heterocycles. The van der Waals surface area contributed by atoms with E-state index in [1.54, 1.807) is 11.0 Å². The van der Waals surface area contributed by atoms with E-state index in [-0.39, 0.29) is 23.5 Å². The number of nitrogens with zero attached hydrogens (tertiary/aromatic N) is 1. The van der Waals surface area contributed by atoms with E-state index in [0.717, 1.165) is 23.3 Å². The van der Waals surface area contributed by atoms with Crippen LogP contribution in [0.1, 0.15) is 30.9 Å². The Labute approximate surface area is 179 Å². The number of rotatable bonds is 9. The number of sulfone groups is 1. The van der Waals surface area contributed by atoms with Crippen molar-refractivity contribution in [2.75, 3.05) is 24.7 Å². The fraction of sp³-hybridized carbons (Fsp3) is 0.375. The SMILES string of the molecule is CCCOc1ccc(/C=C/C(=O)N(CCc2ccccc2)[C@@H]2CCS(=O)(=O)C2)cc1. The zero-order valence-electron chi connectivity index (χ0n) is 17.4. The molecule has 1 atom stereocenters. The predicted octanol–water partition coefficient (Wildman–Crippen LogP) is 3.75. The Morgan fingerprint density at radius 3 is 2.50 bits per heavy atom. The summed E-state index contributed by atoms with van der Waals surface area (Å²) in [6.45, 7) is 3.23. The van der Waals surface area contributed by atoms with Crippen LogP contribution in [-0.4, -0.2) is 49.9 Å². The Morgan fingerprint density at radius 2 is 1.87 bits per heavy atom. The molecule has 0 bridgehead atoms. The van der Waals surface area contributed by atoms with E-state index in [0.29, 0.717) is 26.0 Å². The topological polar surface area (TPSA) is 63.7 Å². The van der Waals surface area contributed by atoms with Gasteiger partial charge in [0.25, 0.3) is 0 Å². The van der Waals surface area contributed by atoms with Crippen LogP contribution in [0.4, 0.5) is 0 Å². The smallest absolute Gasteiger partial charge is 0.246 e. The summed E-state index contributed by atoms with van der Waals surface area (Å²) in [5.41, 5.74) is 2.03. The van der Waals surface area contributed by atoms with Gasteiger partial charge in [-0.15, -0.1) is 0 Å². The highest BCUT2D eigenvalue weighted by Gasteiger charge is 2.33. The largest absolute Gasteiger partial charge is 0.494 e. The summed E-state index contributed by atoms with van der Waals surface area (Å²) >= 11 is 0. The maximum absolute atomic E-state index is 13.0. The molecule has 1 heterocycles. The molecule has 2 aromatic carbocycles. The van der Waals surface area contributed by atoms with Crippen LogP contribution in [0, 0.1) is 0 Å². The molecule has 30 heavy (non-hydrogen) atoms. The monoisotopic (exact) mass is 427 g/mol. The van der Waals surface area contributed by atoms with Crippen molar-refractivity contribution in [2.45, 2.75) is 32.2 Å². The normalized spacial score (nSPS) is 17.8. The van der Waals surface area contributed by atoms with E-state index in [1.165, 1.54) is 6.08 Å². The average Bonchev–Trinajstić information content (AvgIpc) is 3.11. The number of ether oxygens (including phenoxy) is 1. The summed E-state index contributed by atoms with van der Waals surface area (Å²) in [6.07, 6.45) is 5.45. The lowest BCUT2D eigenvalue weighted by Crippen LogP contribution is -2.41. The lowest BCUT2D eigenvalue weighted by molar-refractivity contribution is -0.127. The lowest BCUT2D eigenvalue weighted by atomic mass is 10.1. The van der Waals surface area contributed by atoms with Crippen LogP contribution in [0.3, 0.4) is 0 Å². The molecule has 0 saturated carbocycles. The fourth-order valence-electron chi connectivity index (χ4n) is 3.55. The molecule has 0 aliphatic carbocycles. The highest BCUT2D eigenvalue weighted by Crippen LogP contribution is 2.20. The third-order valence-electron chi connectivity index (χ3n) is 5.19. The summed E-state index contributed by atoms with van der Waals surface area (Å²) < 4.78 is 29.5. The van der Waals surface area contributed by atoms with Crippen LogP contribution in [0.15, 0.2) is 60.7 Å². The molecule has 0 unspecified atom stereocenters. The molecule has 5 nitrogen and oxygen atoms in total. The van der Waals surface area contributed by atoms with Gasteiger partial charge in [0.05, 0.1) is 18.1 Å². The van der Waals surface area contributed by atoms with E-state index in [1.807, 2.05) is 54.6 Å². The molecule has 3 rings (SSSR count). The van der Waals surface area contributed by atoms with Crippen molar-refractivity contribution in [3.05, 3.63) is 71.8 Å². The molecule has 2 aromatic rings. The molecule has 6 heteroatoms. The molecule has 0 N–H and O–H groups in total. The van der Waals surface area contributed by atoms with Crippen molar-refractivity contribution in [1.82, 2.24) is 4.90 Å². The van der Waals surface area contributed by atoms with E-state index >= 15 is 0 Å². The van der Waals surface area contributed by atoms with E-state index in [4.69, 9.17) is 4.74 Å². The van der Waals surface area contributed by atoms with Crippen LogP contribution in [0.2, 0.25) is 0 Å². The van der Waals surface area contributed by atoms with E-state index < -0.39 is 9.84 Å². The summed E-state index contributed by atoms with van der Waals surface area (Å²) in [6, 6.07) is 17.2. The zero-order valence-corrected chi connectivity index (χ0v) is 18.2. The van der Waals surface area contributed by atoms with Crippen LogP contribution in [-0.2, 0) is 21.1 Å². The molecular weight excluding hydrogens is 398 g/mol. The van der Waals surface area contributed by atoms with Crippen LogP contribution in [0.5, 0.6) is 5.75 Å². The quantitative estimate of drug-likeness (QED) is 0.572. The van der Waals surface area contributed by atoms with Crippen molar-refractivity contribution >= 4 is 21.8 Å². The number of hydrogen-bond acceptors (Lipinski definition) is 4. The molecule has 1 fully saturated rings. The number of carbonyl (C=O) groups is 1. The van der Waals surface area contributed by atoms with Gasteiger partial charge in [0.2, 0.25) is 5.91 Å². The summed E-state index contributed by atoms with van der Waals surface area (Å²) in [4.78, 5) is 14.7. The molecular formula is C24H29NO4S. The maximum Gasteiger partial charge on any atom is 0.246 e. The minimum atomic E-state index is -3.07. The number of carbonyl (C=O) groups excluding carboxylic acids is 1. The Hall–Kier alpha value is -2.60. The molecule has 0 aromatic heterocycles. The minimum Gasteiger partial charge on any atom is -0.494 e. The Morgan fingerprint density at radius 1 is 1.13 bits per heavy atom. The predicted molar refractivity (Wildman–Crippen MR) is 120 cm³/mol. The van der Waals surface area contributed by atoms with Crippen LogP contribution in [0.25, 0.3) is 6.08 Å². The number of hydrogen-bond donors (Lipinski definition) is 0. The first-order chi connectivity index (χ1) is 14.5. The third kappa shape index (κ3) is 6.46. The van der Waals surface area contributed by atoms with Gasteiger partial charge in [0.1, 0.15) is 5.75 Å². The van der Waals surface area contributed by atoms with Gasteiger partial charge in [0, 0.05) is 18.7 Å². The third-order valence-corrected chi connectivity index (χ3v) is 6.94. The van der Waals surface area contributed by atoms with Crippen LogP contribution >= 0.6 is 0 Å². The van der Waals surface area contributed by atoms with Crippen molar-refractivity contribution in [1.29, 1.82) is 0 Å². The van der Waals surface area contributed by atoms with Gasteiger partial charge in [-0.2, -0.15) is 0 Å². The molecule has 1 amide bonds. The highest BCUT2D eigenvalue weighted by atomic mass is 32.2. The fourth-order valence-corrected chi connectivity index (χ4v) is 5.28. The standard InChI is InChI=1S/C24H29NO4S/c1-2-17-29-23-11-8-21(9-12-23)10-13-24(26)25(22-15-18-30(27,28)19-22)16-14-20-6-4-3-5-7-20/h3-13,22H,2,14-19H2,1H3/b13-10+/t22-/m1/s1. The average molecular weight is 428 g/mol.